The molecule has 1 heterocycles. The largest absolute Gasteiger partial charge is 0.334 e. The van der Waals surface area contributed by atoms with Crippen molar-refractivity contribution in [3.63, 3.8) is 0 Å². The number of hydrazine groups is 1. The van der Waals surface area contributed by atoms with Crippen LogP contribution in [-0.4, -0.2) is 9.55 Å². The van der Waals surface area contributed by atoms with Crippen LogP contribution in [0.3, 0.4) is 0 Å². The first-order valence-corrected chi connectivity index (χ1v) is 6.80. The van der Waals surface area contributed by atoms with E-state index in [1.54, 1.807) is 0 Å². The van der Waals surface area contributed by atoms with Gasteiger partial charge in [-0.1, -0.05) is 42.5 Å². The van der Waals surface area contributed by atoms with Crippen LogP contribution in [0.25, 0.3) is 10.8 Å². The number of imidazole rings is 1. The van der Waals surface area contributed by atoms with Crippen LogP contribution in [0.2, 0.25) is 0 Å². The molecule has 0 spiro atoms. The minimum absolute atomic E-state index is 0.115. The Kier molecular flexibility index (Phi) is 3.50. The molecule has 3 N–H and O–H groups in total. The number of nitrogens with two attached hydrogens (primary N) is 1. The molecule has 4 nitrogen and oxygen atoms in total. The van der Waals surface area contributed by atoms with Crippen molar-refractivity contribution in [2.24, 2.45) is 5.84 Å². The first kappa shape index (κ1) is 12.8. The van der Waals surface area contributed by atoms with Crippen molar-refractivity contribution in [3.8, 4) is 0 Å². The van der Waals surface area contributed by atoms with Crippen molar-refractivity contribution >= 4 is 10.8 Å². The molecule has 2 aromatic carbocycles. The Balaban J connectivity index is 2.17. The van der Waals surface area contributed by atoms with Crippen LogP contribution >= 0.6 is 0 Å². The van der Waals surface area contributed by atoms with Crippen molar-refractivity contribution in [1.29, 1.82) is 0 Å². The maximum Gasteiger partial charge on any atom is 0.131 e. The first-order chi connectivity index (χ1) is 9.85. The monoisotopic (exact) mass is 266 g/mol. The standard InChI is InChI=1S/C16H18N4/c1-2-20-11-10-18-16(20)15(19-17)14-9-5-7-12-6-3-4-8-13(12)14/h3-11,15,19H,2,17H2,1H3. The molecule has 20 heavy (non-hydrogen) atoms. The van der Waals surface area contributed by atoms with Gasteiger partial charge in [0.2, 0.25) is 0 Å². The van der Waals surface area contributed by atoms with Gasteiger partial charge >= 0.3 is 0 Å². The van der Waals surface area contributed by atoms with Gasteiger partial charge in [-0.2, -0.15) is 0 Å². The predicted molar refractivity (Wildman–Crippen MR) is 81.0 cm³/mol. The molecule has 1 atom stereocenters. The third kappa shape index (κ3) is 2.09. The van der Waals surface area contributed by atoms with Crippen LogP contribution in [0.4, 0.5) is 0 Å². The minimum atomic E-state index is -0.115. The Bertz CT molecular complexity index is 712. The highest BCUT2D eigenvalue weighted by molar-refractivity contribution is 5.86. The van der Waals surface area contributed by atoms with Crippen LogP contribution in [0, 0.1) is 0 Å². The lowest BCUT2D eigenvalue weighted by atomic mass is 9.98. The molecule has 4 heteroatoms. The first-order valence-electron chi connectivity index (χ1n) is 6.80. The molecular weight excluding hydrogens is 248 g/mol. The Morgan fingerprint density at radius 3 is 2.80 bits per heavy atom. The summed E-state index contributed by atoms with van der Waals surface area (Å²) < 4.78 is 2.10. The minimum Gasteiger partial charge on any atom is -0.334 e. The van der Waals surface area contributed by atoms with Gasteiger partial charge in [0.05, 0.1) is 0 Å². The molecule has 3 aromatic rings. The summed E-state index contributed by atoms with van der Waals surface area (Å²) in [6.07, 6.45) is 3.79. The summed E-state index contributed by atoms with van der Waals surface area (Å²) in [5.41, 5.74) is 4.05. The molecular formula is C16H18N4. The Labute approximate surface area is 118 Å². The van der Waals surface area contributed by atoms with E-state index in [9.17, 15) is 0 Å². The molecule has 0 fully saturated rings. The number of hydrogen-bond acceptors (Lipinski definition) is 3. The van der Waals surface area contributed by atoms with E-state index in [1.807, 2.05) is 24.5 Å². The summed E-state index contributed by atoms with van der Waals surface area (Å²) in [6.45, 7) is 2.97. The highest BCUT2D eigenvalue weighted by Gasteiger charge is 2.19. The van der Waals surface area contributed by atoms with Crippen molar-refractivity contribution < 1.29 is 0 Å². The van der Waals surface area contributed by atoms with Gasteiger partial charge in [0.1, 0.15) is 11.9 Å². The number of nitrogens with zero attached hydrogens (tertiary/aromatic N) is 2. The number of aryl methyl sites for hydroxylation is 1. The highest BCUT2D eigenvalue weighted by Crippen LogP contribution is 2.27. The lowest BCUT2D eigenvalue weighted by molar-refractivity contribution is 0.564. The van der Waals surface area contributed by atoms with Gasteiger partial charge in [-0.25, -0.2) is 10.4 Å². The van der Waals surface area contributed by atoms with E-state index in [4.69, 9.17) is 5.84 Å². The van der Waals surface area contributed by atoms with Gasteiger partial charge in [0.25, 0.3) is 0 Å². The van der Waals surface area contributed by atoms with E-state index in [2.05, 4.69) is 52.2 Å². The molecule has 0 aliphatic heterocycles. The summed E-state index contributed by atoms with van der Waals surface area (Å²) >= 11 is 0. The van der Waals surface area contributed by atoms with Gasteiger partial charge in [-0.05, 0) is 23.3 Å². The fourth-order valence-electron chi connectivity index (χ4n) is 2.65. The summed E-state index contributed by atoms with van der Waals surface area (Å²) in [5.74, 6) is 6.74. The molecule has 0 saturated carbocycles. The van der Waals surface area contributed by atoms with Gasteiger partial charge < -0.3 is 4.57 Å². The lowest BCUT2D eigenvalue weighted by Gasteiger charge is -2.19. The SMILES string of the molecule is CCn1ccnc1C(NN)c1cccc2ccccc12. The second kappa shape index (κ2) is 5.45. The maximum atomic E-state index is 5.81. The predicted octanol–water partition coefficient (Wildman–Crippen LogP) is 2.61. The van der Waals surface area contributed by atoms with Crippen LogP contribution in [-0.2, 0) is 6.54 Å². The second-order valence-corrected chi connectivity index (χ2v) is 4.74. The summed E-state index contributed by atoms with van der Waals surface area (Å²) in [7, 11) is 0. The van der Waals surface area contributed by atoms with Crippen LogP contribution in [0.15, 0.2) is 54.9 Å². The molecule has 0 aliphatic carbocycles. The number of fused-ring (bicyclic) bond motifs is 1. The fraction of sp³-hybridized carbons (Fsp3) is 0.188. The number of nitrogens with one attached hydrogen (secondary N) is 1. The van der Waals surface area contributed by atoms with Crippen LogP contribution < -0.4 is 11.3 Å². The molecule has 0 bridgehead atoms. The zero-order valence-corrected chi connectivity index (χ0v) is 11.5. The number of benzene rings is 2. The van der Waals surface area contributed by atoms with Gasteiger partial charge in [-0.15, -0.1) is 0 Å². The summed E-state index contributed by atoms with van der Waals surface area (Å²) in [6, 6.07) is 14.5. The molecule has 0 radical (unpaired) electrons. The van der Waals surface area contributed by atoms with E-state index >= 15 is 0 Å². The molecule has 3 rings (SSSR count). The maximum absolute atomic E-state index is 5.81. The Morgan fingerprint density at radius 1 is 1.20 bits per heavy atom. The van der Waals surface area contributed by atoms with E-state index in [0.29, 0.717) is 0 Å². The van der Waals surface area contributed by atoms with Gasteiger partial charge in [-0.3, -0.25) is 5.84 Å². The molecule has 0 aliphatic rings. The van der Waals surface area contributed by atoms with E-state index in [0.717, 1.165) is 17.9 Å². The number of hydrogen-bond donors (Lipinski definition) is 2. The van der Waals surface area contributed by atoms with Crippen molar-refractivity contribution in [3.05, 3.63) is 66.2 Å². The zero-order chi connectivity index (χ0) is 13.9. The zero-order valence-electron chi connectivity index (χ0n) is 11.5. The fourth-order valence-corrected chi connectivity index (χ4v) is 2.65. The lowest BCUT2D eigenvalue weighted by Crippen LogP contribution is -2.31. The number of rotatable bonds is 4. The van der Waals surface area contributed by atoms with Gasteiger partial charge in [0.15, 0.2) is 0 Å². The topological polar surface area (TPSA) is 55.9 Å². The van der Waals surface area contributed by atoms with E-state index < -0.39 is 0 Å². The molecule has 0 saturated heterocycles. The Hall–Kier alpha value is -2.17. The normalized spacial score (nSPS) is 12.7. The Morgan fingerprint density at radius 2 is 2.00 bits per heavy atom. The van der Waals surface area contributed by atoms with E-state index in [1.165, 1.54) is 10.8 Å². The average molecular weight is 266 g/mol. The molecule has 1 unspecified atom stereocenters. The average Bonchev–Trinajstić information content (AvgIpc) is 2.97. The highest BCUT2D eigenvalue weighted by atomic mass is 15.3. The van der Waals surface area contributed by atoms with Crippen molar-refractivity contribution in [2.45, 2.75) is 19.5 Å². The molecule has 102 valence electrons. The summed E-state index contributed by atoms with van der Waals surface area (Å²) in [4.78, 5) is 4.46. The third-order valence-corrected chi connectivity index (χ3v) is 3.65. The smallest absolute Gasteiger partial charge is 0.131 e. The van der Waals surface area contributed by atoms with Crippen molar-refractivity contribution in [1.82, 2.24) is 15.0 Å². The van der Waals surface area contributed by atoms with Gasteiger partial charge in [0, 0.05) is 18.9 Å². The number of aromatic nitrogens is 2. The second-order valence-electron chi connectivity index (χ2n) is 4.74. The quantitative estimate of drug-likeness (QED) is 0.564. The summed E-state index contributed by atoms with van der Waals surface area (Å²) in [5, 5.41) is 2.41. The molecule has 1 aromatic heterocycles. The van der Waals surface area contributed by atoms with Crippen LogP contribution in [0.5, 0.6) is 0 Å². The third-order valence-electron chi connectivity index (χ3n) is 3.65. The molecule has 0 amide bonds. The van der Waals surface area contributed by atoms with Crippen molar-refractivity contribution in [2.75, 3.05) is 0 Å². The van der Waals surface area contributed by atoms with E-state index in [-0.39, 0.29) is 6.04 Å². The van der Waals surface area contributed by atoms with Crippen LogP contribution in [0.1, 0.15) is 24.4 Å².